The van der Waals surface area contributed by atoms with Crippen LogP contribution in [0.4, 0.5) is 0 Å². The summed E-state index contributed by atoms with van der Waals surface area (Å²) in [6.45, 7) is 4.47. The van der Waals surface area contributed by atoms with E-state index in [0.29, 0.717) is 36.6 Å². The minimum absolute atomic E-state index is 0.0156. The molecule has 0 amide bonds. The molecule has 9 heteroatoms. The SMILES string of the molecule is COc1ccc(OC)c([C@@H]2CCN(S(=O)(=O)c3cc(-c4onc(C)c4C)ccc3OC)C2)c1. The minimum atomic E-state index is -3.82. The Labute approximate surface area is 194 Å². The summed E-state index contributed by atoms with van der Waals surface area (Å²) in [6.07, 6.45) is 0.672. The predicted molar refractivity (Wildman–Crippen MR) is 124 cm³/mol. The summed E-state index contributed by atoms with van der Waals surface area (Å²) in [5.74, 6) is 2.25. The molecule has 0 aliphatic carbocycles. The van der Waals surface area contributed by atoms with Crippen molar-refractivity contribution in [2.75, 3.05) is 34.4 Å². The lowest BCUT2D eigenvalue weighted by Gasteiger charge is -2.20. The van der Waals surface area contributed by atoms with Gasteiger partial charge in [-0.2, -0.15) is 4.31 Å². The first-order valence-corrected chi connectivity index (χ1v) is 12.1. The highest BCUT2D eigenvalue weighted by molar-refractivity contribution is 7.89. The van der Waals surface area contributed by atoms with Crippen LogP contribution in [-0.4, -0.2) is 52.3 Å². The summed E-state index contributed by atoms with van der Waals surface area (Å²) in [7, 11) is 0.859. The average Bonchev–Trinajstić information content (AvgIpc) is 3.46. The molecule has 1 aliphatic heterocycles. The number of methoxy groups -OCH3 is 3. The number of hydrogen-bond acceptors (Lipinski definition) is 7. The number of ether oxygens (including phenoxy) is 3. The molecule has 1 fully saturated rings. The number of aromatic nitrogens is 1. The first-order valence-electron chi connectivity index (χ1n) is 10.6. The molecule has 176 valence electrons. The lowest BCUT2D eigenvalue weighted by Crippen LogP contribution is -2.29. The standard InChI is InChI=1S/C24H28N2O6S/c1-15-16(2)25-32-24(15)17-6-8-22(31-5)23(12-17)33(27,28)26-11-10-18(14-26)20-13-19(29-3)7-9-21(20)30-4/h6-9,12-13,18H,10-11,14H2,1-5H3/t18-/m1/s1. The first-order chi connectivity index (χ1) is 15.8. The molecule has 0 saturated carbocycles. The van der Waals surface area contributed by atoms with Crippen molar-refractivity contribution in [2.45, 2.75) is 31.1 Å². The Bertz CT molecular complexity index is 1270. The highest BCUT2D eigenvalue weighted by Crippen LogP contribution is 2.40. The highest BCUT2D eigenvalue weighted by Gasteiger charge is 2.36. The van der Waals surface area contributed by atoms with Gasteiger partial charge in [-0.1, -0.05) is 5.16 Å². The number of nitrogens with zero attached hydrogens (tertiary/aromatic N) is 2. The molecule has 3 aromatic rings. The Kier molecular flexibility index (Phi) is 6.36. The van der Waals surface area contributed by atoms with Gasteiger partial charge in [-0.15, -0.1) is 0 Å². The van der Waals surface area contributed by atoms with E-state index in [1.807, 2.05) is 32.0 Å². The van der Waals surface area contributed by atoms with Crippen molar-refractivity contribution >= 4 is 10.0 Å². The quantitative estimate of drug-likeness (QED) is 0.510. The Hall–Kier alpha value is -3.04. The maximum Gasteiger partial charge on any atom is 0.246 e. The Morgan fingerprint density at radius 1 is 1.00 bits per heavy atom. The number of sulfonamides is 1. The van der Waals surface area contributed by atoms with Crippen LogP contribution in [0.15, 0.2) is 45.8 Å². The molecule has 2 aromatic carbocycles. The molecule has 1 saturated heterocycles. The van der Waals surface area contributed by atoms with Gasteiger partial charge in [0, 0.05) is 35.7 Å². The van der Waals surface area contributed by atoms with Crippen LogP contribution in [0.5, 0.6) is 17.2 Å². The second-order valence-electron chi connectivity index (χ2n) is 8.04. The van der Waals surface area contributed by atoms with Crippen molar-refractivity contribution in [1.82, 2.24) is 9.46 Å². The largest absolute Gasteiger partial charge is 0.497 e. The van der Waals surface area contributed by atoms with Gasteiger partial charge in [-0.3, -0.25) is 0 Å². The van der Waals surface area contributed by atoms with Crippen LogP contribution in [-0.2, 0) is 10.0 Å². The van der Waals surface area contributed by atoms with E-state index in [9.17, 15) is 8.42 Å². The molecule has 8 nitrogen and oxygen atoms in total. The van der Waals surface area contributed by atoms with Crippen LogP contribution < -0.4 is 14.2 Å². The summed E-state index contributed by atoms with van der Waals surface area (Å²) < 4.78 is 50.6. The van der Waals surface area contributed by atoms with Gasteiger partial charge < -0.3 is 18.7 Å². The Balaban J connectivity index is 1.68. The van der Waals surface area contributed by atoms with E-state index >= 15 is 0 Å². The third kappa shape index (κ3) is 4.18. The summed E-state index contributed by atoms with van der Waals surface area (Å²) >= 11 is 0. The maximum absolute atomic E-state index is 13.7. The Morgan fingerprint density at radius 2 is 1.73 bits per heavy atom. The zero-order valence-electron chi connectivity index (χ0n) is 19.4. The van der Waals surface area contributed by atoms with Crippen LogP contribution >= 0.6 is 0 Å². The smallest absolute Gasteiger partial charge is 0.246 e. The lowest BCUT2D eigenvalue weighted by atomic mass is 9.97. The maximum atomic E-state index is 13.7. The fourth-order valence-corrected chi connectivity index (χ4v) is 5.88. The molecular weight excluding hydrogens is 444 g/mol. The van der Waals surface area contributed by atoms with E-state index in [2.05, 4.69) is 5.16 Å². The van der Waals surface area contributed by atoms with E-state index in [4.69, 9.17) is 18.7 Å². The molecule has 0 unspecified atom stereocenters. The van der Waals surface area contributed by atoms with Crippen molar-refractivity contribution in [3.8, 4) is 28.6 Å². The fourth-order valence-electron chi connectivity index (χ4n) is 4.20. The van der Waals surface area contributed by atoms with Crippen LogP contribution in [0.25, 0.3) is 11.3 Å². The van der Waals surface area contributed by atoms with E-state index in [-0.39, 0.29) is 16.6 Å². The van der Waals surface area contributed by atoms with Gasteiger partial charge in [0.15, 0.2) is 5.76 Å². The fraction of sp³-hybridized carbons (Fsp3) is 0.375. The number of hydrogen-bond donors (Lipinski definition) is 0. The summed E-state index contributed by atoms with van der Waals surface area (Å²) in [5, 5.41) is 3.99. The summed E-state index contributed by atoms with van der Waals surface area (Å²) in [5.41, 5.74) is 3.20. The van der Waals surface area contributed by atoms with E-state index in [0.717, 1.165) is 22.6 Å². The summed E-state index contributed by atoms with van der Waals surface area (Å²) in [4.78, 5) is 0.106. The van der Waals surface area contributed by atoms with Gasteiger partial charge in [-0.25, -0.2) is 8.42 Å². The summed E-state index contributed by atoms with van der Waals surface area (Å²) in [6, 6.07) is 10.6. The van der Waals surface area contributed by atoms with Crippen molar-refractivity contribution in [2.24, 2.45) is 0 Å². The molecule has 2 heterocycles. The van der Waals surface area contributed by atoms with Crippen molar-refractivity contribution in [3.63, 3.8) is 0 Å². The van der Waals surface area contributed by atoms with Crippen LogP contribution in [0.2, 0.25) is 0 Å². The monoisotopic (exact) mass is 472 g/mol. The molecule has 1 aliphatic rings. The van der Waals surface area contributed by atoms with Crippen LogP contribution in [0.1, 0.15) is 29.2 Å². The molecule has 33 heavy (non-hydrogen) atoms. The van der Waals surface area contributed by atoms with Crippen molar-refractivity contribution in [1.29, 1.82) is 0 Å². The number of benzene rings is 2. The van der Waals surface area contributed by atoms with Gasteiger partial charge in [0.25, 0.3) is 0 Å². The van der Waals surface area contributed by atoms with Gasteiger partial charge in [-0.05, 0) is 56.7 Å². The average molecular weight is 473 g/mol. The van der Waals surface area contributed by atoms with Gasteiger partial charge in [0.2, 0.25) is 10.0 Å². The molecule has 0 radical (unpaired) electrons. The highest BCUT2D eigenvalue weighted by atomic mass is 32.2. The molecule has 4 rings (SSSR count). The van der Waals surface area contributed by atoms with Gasteiger partial charge in [0.1, 0.15) is 22.1 Å². The van der Waals surface area contributed by atoms with Crippen LogP contribution in [0.3, 0.4) is 0 Å². The molecular formula is C24H28N2O6S. The van der Waals surface area contributed by atoms with Crippen molar-refractivity contribution < 1.29 is 27.2 Å². The predicted octanol–water partition coefficient (Wildman–Crippen LogP) is 4.16. The third-order valence-electron chi connectivity index (χ3n) is 6.23. The zero-order chi connectivity index (χ0) is 23.8. The second kappa shape index (κ2) is 9.07. The lowest BCUT2D eigenvalue weighted by molar-refractivity contribution is 0.393. The zero-order valence-corrected chi connectivity index (χ0v) is 20.2. The minimum Gasteiger partial charge on any atom is -0.497 e. The van der Waals surface area contributed by atoms with Crippen molar-refractivity contribution in [3.05, 3.63) is 53.2 Å². The molecule has 0 bridgehead atoms. The molecule has 0 N–H and O–H groups in total. The van der Waals surface area contributed by atoms with E-state index in [1.54, 1.807) is 32.4 Å². The van der Waals surface area contributed by atoms with E-state index in [1.165, 1.54) is 11.4 Å². The molecule has 1 aromatic heterocycles. The van der Waals surface area contributed by atoms with Crippen LogP contribution in [0, 0.1) is 13.8 Å². The van der Waals surface area contributed by atoms with Gasteiger partial charge >= 0.3 is 0 Å². The third-order valence-corrected chi connectivity index (χ3v) is 8.11. The normalized spacial score (nSPS) is 16.7. The topological polar surface area (TPSA) is 91.1 Å². The second-order valence-corrected chi connectivity index (χ2v) is 9.95. The Morgan fingerprint density at radius 3 is 2.36 bits per heavy atom. The van der Waals surface area contributed by atoms with E-state index < -0.39 is 10.0 Å². The number of rotatable bonds is 7. The van der Waals surface area contributed by atoms with Gasteiger partial charge in [0.05, 0.1) is 27.0 Å². The first kappa shape index (κ1) is 23.1. The molecule has 0 spiro atoms. The number of aryl methyl sites for hydroxylation is 1. The molecule has 1 atom stereocenters.